The fourth-order valence-corrected chi connectivity index (χ4v) is 2.21. The number of benzene rings is 1. The molecule has 1 rings (SSSR count). The minimum absolute atomic E-state index is 0.0934. The zero-order chi connectivity index (χ0) is 12.0. The van der Waals surface area contributed by atoms with E-state index in [0.29, 0.717) is 0 Å². The Morgan fingerprint density at radius 3 is 2.56 bits per heavy atom. The lowest BCUT2D eigenvalue weighted by atomic mass is 9.79. The Morgan fingerprint density at radius 2 is 2.00 bits per heavy atom. The second-order valence-electron chi connectivity index (χ2n) is 4.51. The molecule has 1 heteroatoms. The molecule has 0 fully saturated rings. The second-order valence-corrected chi connectivity index (χ2v) is 4.51. The Morgan fingerprint density at radius 1 is 1.31 bits per heavy atom. The fourth-order valence-electron chi connectivity index (χ4n) is 2.21. The summed E-state index contributed by atoms with van der Waals surface area (Å²) in [6.07, 6.45) is 4.43. The van der Waals surface area contributed by atoms with Crippen LogP contribution >= 0.6 is 0 Å². The van der Waals surface area contributed by atoms with Crippen LogP contribution in [0.25, 0.3) is 0 Å². The van der Waals surface area contributed by atoms with Gasteiger partial charge in [-0.25, -0.2) is 0 Å². The lowest BCUT2D eigenvalue weighted by Crippen LogP contribution is -2.34. The highest BCUT2D eigenvalue weighted by molar-refractivity contribution is 5.37. The van der Waals surface area contributed by atoms with Crippen molar-refractivity contribution in [3.05, 3.63) is 47.5 Å². The van der Waals surface area contributed by atoms with E-state index in [4.69, 9.17) is 0 Å². The van der Waals surface area contributed by atoms with Crippen molar-refractivity contribution in [2.24, 2.45) is 0 Å². The number of likely N-dealkylation sites (N-methyl/N-ethyl adjacent to an activating group) is 1. The van der Waals surface area contributed by atoms with Crippen LogP contribution in [0.3, 0.4) is 0 Å². The van der Waals surface area contributed by atoms with Gasteiger partial charge in [-0.15, -0.1) is 0 Å². The molecular weight excluding hydrogens is 194 g/mol. The Kier molecular flexibility index (Phi) is 4.75. The molecule has 88 valence electrons. The van der Waals surface area contributed by atoms with Crippen molar-refractivity contribution < 1.29 is 0 Å². The normalized spacial score (nSPS) is 15.2. The van der Waals surface area contributed by atoms with Gasteiger partial charge >= 0.3 is 0 Å². The van der Waals surface area contributed by atoms with E-state index in [1.54, 1.807) is 0 Å². The van der Waals surface area contributed by atoms with Crippen LogP contribution in [-0.2, 0) is 5.41 Å². The molecule has 1 unspecified atom stereocenters. The van der Waals surface area contributed by atoms with Gasteiger partial charge in [-0.05, 0) is 31.5 Å². The molecule has 1 aromatic rings. The van der Waals surface area contributed by atoms with E-state index in [9.17, 15) is 0 Å². The number of hydrogen-bond donors (Lipinski definition) is 1. The summed E-state index contributed by atoms with van der Waals surface area (Å²) in [7, 11) is 0. The van der Waals surface area contributed by atoms with Gasteiger partial charge in [-0.3, -0.25) is 0 Å². The van der Waals surface area contributed by atoms with Gasteiger partial charge < -0.3 is 5.32 Å². The van der Waals surface area contributed by atoms with Crippen LogP contribution in [0.1, 0.15) is 31.9 Å². The largest absolute Gasteiger partial charge is 0.316 e. The lowest BCUT2D eigenvalue weighted by molar-refractivity contribution is 0.526. The Bertz CT molecular complexity index is 354. The summed E-state index contributed by atoms with van der Waals surface area (Å²) >= 11 is 0. The predicted octanol–water partition coefficient (Wildman–Crippen LogP) is 3.44. The van der Waals surface area contributed by atoms with Gasteiger partial charge in [0.1, 0.15) is 0 Å². The van der Waals surface area contributed by atoms with Gasteiger partial charge in [0, 0.05) is 12.0 Å². The van der Waals surface area contributed by atoms with Gasteiger partial charge in [0.15, 0.2) is 0 Å². The molecule has 0 aliphatic carbocycles. The number of rotatable bonds is 5. The van der Waals surface area contributed by atoms with Crippen molar-refractivity contribution >= 4 is 0 Å². The van der Waals surface area contributed by atoms with E-state index in [0.717, 1.165) is 13.1 Å². The summed E-state index contributed by atoms with van der Waals surface area (Å²) < 4.78 is 0. The molecular formula is C15H23N. The van der Waals surface area contributed by atoms with Gasteiger partial charge in [0.25, 0.3) is 0 Å². The maximum absolute atomic E-state index is 3.45. The molecule has 1 N–H and O–H groups in total. The first-order chi connectivity index (χ1) is 7.64. The maximum atomic E-state index is 3.45. The summed E-state index contributed by atoms with van der Waals surface area (Å²) in [5.74, 6) is 0. The van der Waals surface area contributed by atoms with E-state index in [1.165, 1.54) is 11.1 Å². The summed E-state index contributed by atoms with van der Waals surface area (Å²) in [6, 6.07) is 8.63. The van der Waals surface area contributed by atoms with Crippen LogP contribution < -0.4 is 5.32 Å². The van der Waals surface area contributed by atoms with Crippen molar-refractivity contribution in [3.8, 4) is 0 Å². The zero-order valence-corrected chi connectivity index (χ0v) is 10.9. The average molecular weight is 217 g/mol. The van der Waals surface area contributed by atoms with Crippen LogP contribution in [0.4, 0.5) is 0 Å². The molecule has 0 bridgehead atoms. The summed E-state index contributed by atoms with van der Waals surface area (Å²) in [4.78, 5) is 0. The molecule has 1 aromatic carbocycles. The van der Waals surface area contributed by atoms with Crippen molar-refractivity contribution in [2.75, 3.05) is 13.1 Å². The molecule has 0 aromatic heterocycles. The molecule has 0 saturated heterocycles. The van der Waals surface area contributed by atoms with Gasteiger partial charge in [0.2, 0.25) is 0 Å². The topological polar surface area (TPSA) is 12.0 Å². The molecule has 1 atom stereocenters. The van der Waals surface area contributed by atoms with Crippen LogP contribution in [0.2, 0.25) is 0 Å². The van der Waals surface area contributed by atoms with Crippen molar-refractivity contribution in [2.45, 2.75) is 33.1 Å². The molecule has 0 saturated carbocycles. The SMILES string of the molecule is C/C=C\C(C)(CNCC)c1ccccc1C. The van der Waals surface area contributed by atoms with Crippen molar-refractivity contribution in [1.29, 1.82) is 0 Å². The average Bonchev–Trinajstić information content (AvgIpc) is 2.27. The van der Waals surface area contributed by atoms with Crippen LogP contribution in [-0.4, -0.2) is 13.1 Å². The predicted molar refractivity (Wildman–Crippen MR) is 71.9 cm³/mol. The monoisotopic (exact) mass is 217 g/mol. The number of allylic oxidation sites excluding steroid dienone is 1. The molecule has 0 radical (unpaired) electrons. The standard InChI is InChI=1S/C15H23N/c1-5-11-15(4,12-16-6-2)14-10-8-7-9-13(14)3/h5,7-11,16H,6,12H2,1-4H3/b11-5-. The Labute approximate surface area is 99.6 Å². The Hall–Kier alpha value is -1.08. The molecule has 1 nitrogen and oxygen atoms in total. The quantitative estimate of drug-likeness (QED) is 0.745. The third kappa shape index (κ3) is 2.96. The molecule has 0 amide bonds. The lowest BCUT2D eigenvalue weighted by Gasteiger charge is -2.28. The zero-order valence-electron chi connectivity index (χ0n) is 10.9. The van der Waals surface area contributed by atoms with E-state index in [1.807, 2.05) is 0 Å². The van der Waals surface area contributed by atoms with Crippen molar-refractivity contribution in [3.63, 3.8) is 0 Å². The third-order valence-corrected chi connectivity index (χ3v) is 3.04. The first kappa shape index (κ1) is 13.0. The maximum Gasteiger partial charge on any atom is 0.0231 e. The molecule has 16 heavy (non-hydrogen) atoms. The van der Waals surface area contributed by atoms with E-state index < -0.39 is 0 Å². The van der Waals surface area contributed by atoms with Crippen molar-refractivity contribution in [1.82, 2.24) is 5.32 Å². The highest BCUT2D eigenvalue weighted by Gasteiger charge is 2.23. The number of aryl methyl sites for hydroxylation is 1. The number of nitrogens with one attached hydrogen (secondary N) is 1. The first-order valence-electron chi connectivity index (χ1n) is 6.04. The highest BCUT2D eigenvalue weighted by Crippen LogP contribution is 2.27. The summed E-state index contributed by atoms with van der Waals surface area (Å²) in [5.41, 5.74) is 2.87. The molecule has 0 aliphatic rings. The Balaban J connectivity index is 3.06. The second kappa shape index (κ2) is 5.86. The van der Waals surface area contributed by atoms with Gasteiger partial charge in [-0.2, -0.15) is 0 Å². The highest BCUT2D eigenvalue weighted by atomic mass is 14.9. The summed E-state index contributed by atoms with van der Waals surface area (Å²) in [5, 5.41) is 3.45. The minimum atomic E-state index is 0.0934. The molecule has 0 aliphatic heterocycles. The van der Waals surface area contributed by atoms with Gasteiger partial charge in [0.05, 0.1) is 0 Å². The third-order valence-electron chi connectivity index (χ3n) is 3.04. The van der Waals surface area contributed by atoms with E-state index in [2.05, 4.69) is 69.4 Å². The minimum Gasteiger partial charge on any atom is -0.316 e. The van der Waals surface area contributed by atoms with Gasteiger partial charge in [-0.1, -0.05) is 50.3 Å². The first-order valence-corrected chi connectivity index (χ1v) is 6.04. The smallest absolute Gasteiger partial charge is 0.0231 e. The summed E-state index contributed by atoms with van der Waals surface area (Å²) in [6.45, 7) is 10.7. The van der Waals surface area contributed by atoms with Crippen LogP contribution in [0.15, 0.2) is 36.4 Å². The van der Waals surface area contributed by atoms with Crippen LogP contribution in [0, 0.1) is 6.92 Å². The number of hydrogen-bond acceptors (Lipinski definition) is 1. The molecule has 0 heterocycles. The molecule has 0 spiro atoms. The van der Waals surface area contributed by atoms with E-state index >= 15 is 0 Å². The van der Waals surface area contributed by atoms with E-state index in [-0.39, 0.29) is 5.41 Å². The fraction of sp³-hybridized carbons (Fsp3) is 0.467. The van der Waals surface area contributed by atoms with Crippen LogP contribution in [0.5, 0.6) is 0 Å².